The molecule has 118 valence electrons. The fourth-order valence-corrected chi connectivity index (χ4v) is 3.33. The number of unbranched alkanes of at least 4 members (excludes halogenated alkanes) is 2. The summed E-state index contributed by atoms with van der Waals surface area (Å²) < 4.78 is 0. The first-order chi connectivity index (χ1) is 10.3. The van der Waals surface area contributed by atoms with Gasteiger partial charge in [0.25, 0.3) is 0 Å². The lowest BCUT2D eigenvalue weighted by molar-refractivity contribution is 0.196. The lowest BCUT2D eigenvalue weighted by Crippen LogP contribution is -2.43. The van der Waals surface area contributed by atoms with Gasteiger partial charge < -0.3 is 10.2 Å². The minimum absolute atomic E-state index is 0.538. The summed E-state index contributed by atoms with van der Waals surface area (Å²) >= 11 is 0. The van der Waals surface area contributed by atoms with Crippen LogP contribution >= 0.6 is 0 Å². The van der Waals surface area contributed by atoms with Crippen LogP contribution in [-0.4, -0.2) is 30.6 Å². The van der Waals surface area contributed by atoms with Crippen molar-refractivity contribution in [3.8, 4) is 0 Å². The lowest BCUT2D eigenvalue weighted by atomic mass is 9.97. The van der Waals surface area contributed by atoms with Crippen molar-refractivity contribution in [1.82, 2.24) is 10.2 Å². The van der Waals surface area contributed by atoms with E-state index >= 15 is 0 Å². The van der Waals surface area contributed by atoms with Crippen molar-refractivity contribution in [1.29, 1.82) is 0 Å². The average molecular weight is 288 g/mol. The van der Waals surface area contributed by atoms with Crippen LogP contribution in [0.5, 0.6) is 0 Å². The van der Waals surface area contributed by atoms with Crippen molar-refractivity contribution in [3.63, 3.8) is 0 Å². The molecule has 0 aliphatic carbocycles. The molecule has 1 fully saturated rings. The molecule has 1 atom stereocenters. The molecule has 1 aromatic carbocycles. The van der Waals surface area contributed by atoms with Crippen molar-refractivity contribution < 1.29 is 0 Å². The molecule has 1 heterocycles. The highest BCUT2D eigenvalue weighted by molar-refractivity contribution is 5.19. The third-order valence-electron chi connectivity index (χ3n) is 4.77. The zero-order valence-electron chi connectivity index (χ0n) is 13.9. The summed E-state index contributed by atoms with van der Waals surface area (Å²) in [6.45, 7) is 8.26. The molecule has 0 radical (unpaired) electrons. The van der Waals surface area contributed by atoms with E-state index in [1.54, 1.807) is 0 Å². The van der Waals surface area contributed by atoms with Gasteiger partial charge in [-0.05, 0) is 44.5 Å². The highest BCUT2D eigenvalue weighted by Gasteiger charge is 2.21. The monoisotopic (exact) mass is 288 g/mol. The van der Waals surface area contributed by atoms with E-state index in [4.69, 9.17) is 0 Å². The van der Waals surface area contributed by atoms with E-state index in [1.165, 1.54) is 63.7 Å². The molecule has 0 spiro atoms. The zero-order chi connectivity index (χ0) is 14.9. The molecule has 1 saturated heterocycles. The van der Waals surface area contributed by atoms with Gasteiger partial charge in [-0.3, -0.25) is 0 Å². The van der Waals surface area contributed by atoms with Gasteiger partial charge in [0, 0.05) is 12.1 Å². The Bertz CT molecular complexity index is 368. The van der Waals surface area contributed by atoms with Gasteiger partial charge in [-0.15, -0.1) is 0 Å². The topological polar surface area (TPSA) is 15.3 Å². The second-order valence-corrected chi connectivity index (χ2v) is 6.33. The molecule has 1 unspecified atom stereocenters. The molecule has 1 aliphatic heterocycles. The second-order valence-electron chi connectivity index (χ2n) is 6.33. The fourth-order valence-electron chi connectivity index (χ4n) is 3.33. The Labute approximate surface area is 130 Å². The number of nitrogens with one attached hydrogen (secondary N) is 1. The summed E-state index contributed by atoms with van der Waals surface area (Å²) in [5, 5.41) is 3.95. The molecule has 2 heteroatoms. The van der Waals surface area contributed by atoms with Gasteiger partial charge in [-0.25, -0.2) is 0 Å². The highest BCUT2D eigenvalue weighted by atomic mass is 15.1. The SMILES string of the molecule is CCCCCC(NC1CCN(CC)CC1)c1ccccc1. The maximum absolute atomic E-state index is 3.95. The Balaban J connectivity index is 1.90. The predicted molar refractivity (Wildman–Crippen MR) is 91.6 cm³/mol. The first kappa shape index (κ1) is 16.5. The molecule has 2 nitrogen and oxygen atoms in total. The van der Waals surface area contributed by atoms with Gasteiger partial charge in [0.15, 0.2) is 0 Å². The van der Waals surface area contributed by atoms with E-state index in [0.29, 0.717) is 12.1 Å². The van der Waals surface area contributed by atoms with E-state index in [-0.39, 0.29) is 0 Å². The standard InChI is InChI=1S/C19H32N2/c1-3-5-7-12-19(17-10-8-6-9-11-17)20-18-13-15-21(4-2)16-14-18/h6,8-11,18-20H,3-5,7,12-16H2,1-2H3. The number of piperidine rings is 1. The molecule has 0 amide bonds. The molecule has 0 aromatic heterocycles. The first-order valence-corrected chi connectivity index (χ1v) is 8.86. The maximum atomic E-state index is 3.95. The number of hydrogen-bond donors (Lipinski definition) is 1. The minimum atomic E-state index is 0.538. The molecule has 1 N–H and O–H groups in total. The van der Waals surface area contributed by atoms with E-state index in [0.717, 1.165) is 0 Å². The van der Waals surface area contributed by atoms with Crippen molar-refractivity contribution in [2.75, 3.05) is 19.6 Å². The number of rotatable bonds is 8. The molecular formula is C19H32N2. The van der Waals surface area contributed by atoms with Crippen molar-refractivity contribution in [2.24, 2.45) is 0 Å². The van der Waals surface area contributed by atoms with Crippen LogP contribution in [0.1, 0.15) is 64.0 Å². The molecule has 0 saturated carbocycles. The molecule has 1 aromatic rings. The summed E-state index contributed by atoms with van der Waals surface area (Å²) in [6.07, 6.45) is 7.84. The molecule has 2 rings (SSSR count). The van der Waals surface area contributed by atoms with E-state index in [1.807, 2.05) is 0 Å². The second kappa shape index (κ2) is 9.22. The third kappa shape index (κ3) is 5.44. The summed E-state index contributed by atoms with van der Waals surface area (Å²) in [5.74, 6) is 0. The Morgan fingerprint density at radius 2 is 1.81 bits per heavy atom. The fraction of sp³-hybridized carbons (Fsp3) is 0.684. The molecular weight excluding hydrogens is 256 g/mol. The molecule has 0 bridgehead atoms. The lowest BCUT2D eigenvalue weighted by Gasteiger charge is -2.34. The van der Waals surface area contributed by atoms with Crippen molar-refractivity contribution in [3.05, 3.63) is 35.9 Å². The number of benzene rings is 1. The smallest absolute Gasteiger partial charge is 0.0322 e. The van der Waals surface area contributed by atoms with E-state index in [9.17, 15) is 0 Å². The highest BCUT2D eigenvalue weighted by Crippen LogP contribution is 2.22. The zero-order valence-corrected chi connectivity index (χ0v) is 13.9. The Morgan fingerprint density at radius 3 is 2.43 bits per heavy atom. The Hall–Kier alpha value is -0.860. The van der Waals surface area contributed by atoms with E-state index < -0.39 is 0 Å². The minimum Gasteiger partial charge on any atom is -0.307 e. The van der Waals surface area contributed by atoms with Crippen LogP contribution in [0.3, 0.4) is 0 Å². The van der Waals surface area contributed by atoms with Crippen molar-refractivity contribution >= 4 is 0 Å². The maximum Gasteiger partial charge on any atom is 0.0322 e. The van der Waals surface area contributed by atoms with Crippen LogP contribution in [0.25, 0.3) is 0 Å². The Kier molecular flexibility index (Phi) is 7.25. The van der Waals surface area contributed by atoms with Gasteiger partial charge in [0.1, 0.15) is 0 Å². The summed E-state index contributed by atoms with van der Waals surface area (Å²) in [5.41, 5.74) is 1.46. The summed E-state index contributed by atoms with van der Waals surface area (Å²) in [6, 6.07) is 12.3. The summed E-state index contributed by atoms with van der Waals surface area (Å²) in [4.78, 5) is 2.56. The predicted octanol–water partition coefficient (Wildman–Crippen LogP) is 4.38. The van der Waals surface area contributed by atoms with Gasteiger partial charge >= 0.3 is 0 Å². The van der Waals surface area contributed by atoms with Crippen LogP contribution in [0.15, 0.2) is 30.3 Å². The van der Waals surface area contributed by atoms with Gasteiger partial charge in [-0.1, -0.05) is 63.4 Å². The molecule has 1 aliphatic rings. The van der Waals surface area contributed by atoms with Crippen LogP contribution in [0.2, 0.25) is 0 Å². The van der Waals surface area contributed by atoms with Gasteiger partial charge in [-0.2, -0.15) is 0 Å². The largest absolute Gasteiger partial charge is 0.307 e. The average Bonchev–Trinajstić information content (AvgIpc) is 2.55. The van der Waals surface area contributed by atoms with Crippen LogP contribution in [0.4, 0.5) is 0 Å². The van der Waals surface area contributed by atoms with Gasteiger partial charge in [0.05, 0.1) is 0 Å². The van der Waals surface area contributed by atoms with Crippen molar-refractivity contribution in [2.45, 2.75) is 64.5 Å². The van der Waals surface area contributed by atoms with Crippen LogP contribution in [0, 0.1) is 0 Å². The quantitative estimate of drug-likeness (QED) is 0.714. The van der Waals surface area contributed by atoms with E-state index in [2.05, 4.69) is 54.4 Å². The Morgan fingerprint density at radius 1 is 1.10 bits per heavy atom. The molecule has 21 heavy (non-hydrogen) atoms. The third-order valence-corrected chi connectivity index (χ3v) is 4.77. The van der Waals surface area contributed by atoms with Crippen LogP contribution in [-0.2, 0) is 0 Å². The first-order valence-electron chi connectivity index (χ1n) is 8.86. The normalized spacial score (nSPS) is 18.8. The number of nitrogens with zero attached hydrogens (tertiary/aromatic N) is 1. The summed E-state index contributed by atoms with van der Waals surface area (Å²) in [7, 11) is 0. The van der Waals surface area contributed by atoms with Gasteiger partial charge in [0.2, 0.25) is 0 Å². The number of hydrogen-bond acceptors (Lipinski definition) is 2. The van der Waals surface area contributed by atoms with Crippen LogP contribution < -0.4 is 5.32 Å². The number of likely N-dealkylation sites (tertiary alicyclic amines) is 1.